The third-order valence-corrected chi connectivity index (χ3v) is 5.68. The minimum Gasteiger partial charge on any atom is -0.388 e. The summed E-state index contributed by atoms with van der Waals surface area (Å²) >= 11 is 0. The van der Waals surface area contributed by atoms with E-state index in [1.807, 2.05) is 32.7 Å². The molecule has 0 aliphatic carbocycles. The highest BCUT2D eigenvalue weighted by atomic mass is 19.4. The Morgan fingerprint density at radius 1 is 1.27 bits per heavy atom. The summed E-state index contributed by atoms with van der Waals surface area (Å²) in [4.78, 5) is 29.3. The Labute approximate surface area is 189 Å². The zero-order valence-corrected chi connectivity index (χ0v) is 18.8. The SMILES string of the molecule is Cc1nc(NC2CN(Cc3ccc(OC(F)(F)F)nc3)C2)nc2c1NC(=O)[C@H](C(C)C)N2C. The van der Waals surface area contributed by atoms with Gasteiger partial charge in [-0.3, -0.25) is 9.69 Å². The Morgan fingerprint density at radius 3 is 2.61 bits per heavy atom. The van der Waals surface area contributed by atoms with E-state index in [1.54, 1.807) is 6.07 Å². The van der Waals surface area contributed by atoms with Gasteiger partial charge in [-0.05, 0) is 18.4 Å². The molecule has 4 rings (SSSR count). The van der Waals surface area contributed by atoms with Crippen molar-refractivity contribution < 1.29 is 22.7 Å². The van der Waals surface area contributed by atoms with Crippen molar-refractivity contribution in [2.24, 2.45) is 5.92 Å². The van der Waals surface area contributed by atoms with E-state index in [0.717, 1.165) is 18.7 Å². The van der Waals surface area contributed by atoms with E-state index >= 15 is 0 Å². The molecule has 178 valence electrons. The topological polar surface area (TPSA) is 95.5 Å². The standard InChI is InChI=1S/C21H26F3N7O2/c1-11(2)17-19(32)28-16-12(3)26-20(29-18(16)30(17)4)27-14-9-31(10-14)8-13-5-6-15(25-7-13)33-21(22,23)24/h5-7,11,14,17H,8-10H2,1-4H3,(H,28,32)(H,26,27,29)/t17-/m0/s1. The van der Waals surface area contributed by atoms with Crippen molar-refractivity contribution in [2.45, 2.75) is 45.8 Å². The number of aryl methyl sites for hydroxylation is 1. The van der Waals surface area contributed by atoms with Crippen molar-refractivity contribution in [1.82, 2.24) is 19.9 Å². The highest BCUT2D eigenvalue weighted by molar-refractivity contribution is 6.03. The molecule has 2 aliphatic rings. The number of hydrogen-bond acceptors (Lipinski definition) is 8. The van der Waals surface area contributed by atoms with Crippen LogP contribution in [0, 0.1) is 12.8 Å². The van der Waals surface area contributed by atoms with Crippen LogP contribution < -0.4 is 20.3 Å². The average Bonchev–Trinajstić information content (AvgIpc) is 2.67. The summed E-state index contributed by atoms with van der Waals surface area (Å²) in [6.07, 6.45) is -3.37. The maximum atomic E-state index is 12.5. The summed E-state index contributed by atoms with van der Waals surface area (Å²) in [5.41, 5.74) is 2.11. The van der Waals surface area contributed by atoms with Gasteiger partial charge in [0, 0.05) is 38.9 Å². The van der Waals surface area contributed by atoms with Crippen molar-refractivity contribution in [3.63, 3.8) is 0 Å². The molecule has 1 atom stereocenters. The van der Waals surface area contributed by atoms with Gasteiger partial charge in [0.1, 0.15) is 11.7 Å². The molecular weight excluding hydrogens is 439 g/mol. The molecule has 1 fully saturated rings. The van der Waals surface area contributed by atoms with Crippen LogP contribution in [0.25, 0.3) is 0 Å². The zero-order chi connectivity index (χ0) is 23.9. The molecule has 0 bridgehead atoms. The molecule has 2 aromatic heterocycles. The van der Waals surface area contributed by atoms with Crippen LogP contribution in [0.4, 0.5) is 30.6 Å². The molecule has 0 aromatic carbocycles. The average molecular weight is 465 g/mol. The predicted molar refractivity (Wildman–Crippen MR) is 116 cm³/mol. The molecule has 2 N–H and O–H groups in total. The van der Waals surface area contributed by atoms with E-state index in [2.05, 4.69) is 35.2 Å². The number of carbonyl (C=O) groups excluding carboxylic acids is 1. The van der Waals surface area contributed by atoms with Crippen LogP contribution in [0.5, 0.6) is 5.88 Å². The lowest BCUT2D eigenvalue weighted by molar-refractivity contribution is -0.276. The third kappa shape index (κ3) is 5.10. The quantitative estimate of drug-likeness (QED) is 0.673. The van der Waals surface area contributed by atoms with Gasteiger partial charge in [-0.15, -0.1) is 13.2 Å². The molecule has 2 aromatic rings. The maximum absolute atomic E-state index is 12.5. The highest BCUT2D eigenvalue weighted by Gasteiger charge is 2.36. The Balaban J connectivity index is 1.35. The monoisotopic (exact) mass is 465 g/mol. The van der Waals surface area contributed by atoms with Crippen LogP contribution in [-0.2, 0) is 11.3 Å². The molecule has 4 heterocycles. The van der Waals surface area contributed by atoms with Crippen LogP contribution in [0.15, 0.2) is 18.3 Å². The van der Waals surface area contributed by atoms with E-state index in [1.165, 1.54) is 12.3 Å². The van der Waals surface area contributed by atoms with Crippen LogP contribution in [0.2, 0.25) is 0 Å². The Kier molecular flexibility index (Phi) is 6.04. The molecule has 33 heavy (non-hydrogen) atoms. The Morgan fingerprint density at radius 2 is 2.00 bits per heavy atom. The lowest BCUT2D eigenvalue weighted by Gasteiger charge is -2.40. The van der Waals surface area contributed by atoms with Crippen LogP contribution in [-0.4, -0.2) is 64.3 Å². The second-order valence-electron chi connectivity index (χ2n) is 8.71. The summed E-state index contributed by atoms with van der Waals surface area (Å²) in [6, 6.07) is 2.61. The van der Waals surface area contributed by atoms with Crippen molar-refractivity contribution in [3.05, 3.63) is 29.6 Å². The normalized spacial score (nSPS) is 19.2. The van der Waals surface area contributed by atoms with E-state index in [9.17, 15) is 18.0 Å². The first-order valence-corrected chi connectivity index (χ1v) is 10.6. The summed E-state index contributed by atoms with van der Waals surface area (Å²) in [5.74, 6) is 0.770. The number of rotatable bonds is 6. The number of likely N-dealkylation sites (tertiary alicyclic amines) is 1. The van der Waals surface area contributed by atoms with Gasteiger partial charge in [0.05, 0.1) is 11.7 Å². The molecule has 0 unspecified atom stereocenters. The second kappa shape index (κ2) is 8.65. The van der Waals surface area contributed by atoms with Crippen molar-refractivity contribution >= 4 is 23.4 Å². The van der Waals surface area contributed by atoms with Crippen molar-refractivity contribution in [1.29, 1.82) is 0 Å². The Hall–Kier alpha value is -3.15. The molecule has 9 nitrogen and oxygen atoms in total. The Bertz CT molecular complexity index is 1020. The molecule has 1 saturated heterocycles. The van der Waals surface area contributed by atoms with Crippen molar-refractivity contribution in [2.75, 3.05) is 35.7 Å². The molecule has 0 radical (unpaired) electrons. The minimum atomic E-state index is -4.75. The molecule has 2 aliphatic heterocycles. The number of nitrogens with zero attached hydrogens (tertiary/aromatic N) is 5. The van der Waals surface area contributed by atoms with Gasteiger partial charge in [0.2, 0.25) is 17.7 Å². The van der Waals surface area contributed by atoms with Gasteiger partial charge in [-0.1, -0.05) is 19.9 Å². The molecule has 0 saturated carbocycles. The van der Waals surface area contributed by atoms with E-state index < -0.39 is 12.2 Å². The fourth-order valence-electron chi connectivity index (χ4n) is 4.19. The van der Waals surface area contributed by atoms with E-state index in [-0.39, 0.29) is 23.9 Å². The fraction of sp³-hybridized carbons (Fsp3) is 0.524. The lowest BCUT2D eigenvalue weighted by Crippen LogP contribution is -2.54. The zero-order valence-electron chi connectivity index (χ0n) is 18.8. The molecular formula is C21H26F3N7O2. The van der Waals surface area contributed by atoms with Crippen LogP contribution in [0.1, 0.15) is 25.1 Å². The number of pyridine rings is 1. The van der Waals surface area contributed by atoms with Crippen molar-refractivity contribution in [3.8, 4) is 5.88 Å². The number of fused-ring (bicyclic) bond motifs is 1. The largest absolute Gasteiger partial charge is 0.574 e. The summed E-state index contributed by atoms with van der Waals surface area (Å²) in [5, 5.41) is 6.26. The van der Waals surface area contributed by atoms with Crippen LogP contribution in [0.3, 0.4) is 0 Å². The number of likely N-dealkylation sites (N-methyl/N-ethyl adjacent to an activating group) is 1. The number of nitrogens with one attached hydrogen (secondary N) is 2. The second-order valence-corrected chi connectivity index (χ2v) is 8.71. The number of aromatic nitrogens is 3. The summed E-state index contributed by atoms with van der Waals surface area (Å²) in [6.45, 7) is 7.83. The number of halogens is 3. The first kappa shape index (κ1) is 23.0. The van der Waals surface area contributed by atoms with E-state index in [0.29, 0.717) is 29.7 Å². The number of anilines is 3. The molecule has 12 heteroatoms. The first-order valence-electron chi connectivity index (χ1n) is 10.6. The number of amides is 1. The smallest absolute Gasteiger partial charge is 0.388 e. The van der Waals surface area contributed by atoms with Gasteiger partial charge >= 0.3 is 6.36 Å². The van der Waals surface area contributed by atoms with Gasteiger partial charge in [-0.25, -0.2) is 9.97 Å². The van der Waals surface area contributed by atoms with Gasteiger partial charge in [0.25, 0.3) is 0 Å². The van der Waals surface area contributed by atoms with Gasteiger partial charge in [0.15, 0.2) is 5.82 Å². The fourth-order valence-corrected chi connectivity index (χ4v) is 4.19. The highest BCUT2D eigenvalue weighted by Crippen LogP contribution is 2.34. The predicted octanol–water partition coefficient (Wildman–Crippen LogP) is 2.79. The van der Waals surface area contributed by atoms with E-state index in [4.69, 9.17) is 0 Å². The maximum Gasteiger partial charge on any atom is 0.574 e. The molecule has 0 spiro atoms. The number of hydrogen-bond donors (Lipinski definition) is 2. The first-order chi connectivity index (χ1) is 15.5. The van der Waals surface area contributed by atoms with Gasteiger partial charge in [-0.2, -0.15) is 4.98 Å². The summed E-state index contributed by atoms with van der Waals surface area (Å²) < 4.78 is 40.5. The third-order valence-electron chi connectivity index (χ3n) is 5.68. The molecule has 1 amide bonds. The minimum absolute atomic E-state index is 0.0606. The number of alkyl halides is 3. The lowest BCUT2D eigenvalue weighted by atomic mass is 9.99. The van der Waals surface area contributed by atoms with Gasteiger partial charge < -0.3 is 20.3 Å². The number of ether oxygens (including phenoxy) is 1. The summed E-state index contributed by atoms with van der Waals surface area (Å²) in [7, 11) is 1.86. The number of carbonyl (C=O) groups is 1. The van der Waals surface area contributed by atoms with Crippen LogP contribution >= 0.6 is 0 Å².